The van der Waals surface area contributed by atoms with Crippen molar-refractivity contribution in [3.05, 3.63) is 34.9 Å². The molecule has 0 spiro atoms. The van der Waals surface area contributed by atoms with E-state index in [-0.39, 0.29) is 11.4 Å². The molecule has 0 radical (unpaired) electrons. The first-order valence-corrected chi connectivity index (χ1v) is 6.94. The van der Waals surface area contributed by atoms with Crippen molar-refractivity contribution in [3.8, 4) is 11.4 Å². The third-order valence-electron chi connectivity index (χ3n) is 2.84. The van der Waals surface area contributed by atoms with Gasteiger partial charge < -0.3 is 4.57 Å². The minimum atomic E-state index is -2.20. The number of rotatable bonds is 3. The third-order valence-corrected chi connectivity index (χ3v) is 3.34. The highest BCUT2D eigenvalue weighted by Gasteiger charge is 2.30. The van der Waals surface area contributed by atoms with E-state index in [2.05, 4.69) is 26.1 Å². The number of alkyl halides is 1. The fraction of sp³-hybridized carbons (Fsp3) is 0.333. The van der Waals surface area contributed by atoms with Crippen molar-refractivity contribution >= 4 is 15.9 Å². The molecule has 0 aliphatic rings. The van der Waals surface area contributed by atoms with Crippen molar-refractivity contribution in [3.63, 3.8) is 0 Å². The molecule has 0 saturated heterocycles. The second-order valence-electron chi connectivity index (χ2n) is 4.48. The Kier molecular flexibility index (Phi) is 4.31. The zero-order valence-corrected chi connectivity index (χ0v) is 12.5. The summed E-state index contributed by atoms with van der Waals surface area (Å²) in [5.74, 6) is -10.2. The average molecular weight is 370 g/mol. The highest BCUT2D eigenvalue weighted by Crippen LogP contribution is 2.32. The van der Waals surface area contributed by atoms with Crippen LogP contribution in [0.3, 0.4) is 0 Å². The standard InChI is InChI=1S/C12H9BrF5N3/c1-4(2)21-5(3-13)19-20-12(21)6-7(14)9(16)11(18)10(17)8(6)15/h4H,3H2,1-2H3. The van der Waals surface area contributed by atoms with Crippen LogP contribution in [0.5, 0.6) is 0 Å². The zero-order valence-electron chi connectivity index (χ0n) is 10.9. The molecule has 2 rings (SSSR count). The van der Waals surface area contributed by atoms with Gasteiger partial charge >= 0.3 is 0 Å². The minimum absolute atomic E-state index is 0.216. The van der Waals surface area contributed by atoms with Crippen LogP contribution >= 0.6 is 15.9 Å². The maximum Gasteiger partial charge on any atom is 0.200 e. The maximum atomic E-state index is 13.8. The van der Waals surface area contributed by atoms with Crippen LogP contribution in [0.4, 0.5) is 22.0 Å². The Hall–Kier alpha value is -1.51. The van der Waals surface area contributed by atoms with Gasteiger partial charge in [0.25, 0.3) is 0 Å². The van der Waals surface area contributed by atoms with Crippen LogP contribution in [0.1, 0.15) is 25.7 Å². The van der Waals surface area contributed by atoms with E-state index in [1.54, 1.807) is 13.8 Å². The molecule has 114 valence electrons. The molecule has 1 aromatic heterocycles. The van der Waals surface area contributed by atoms with Gasteiger partial charge in [-0.05, 0) is 13.8 Å². The smallest absolute Gasteiger partial charge is 0.200 e. The number of hydrogen-bond acceptors (Lipinski definition) is 2. The number of aromatic nitrogens is 3. The Morgan fingerprint density at radius 1 is 0.905 bits per heavy atom. The summed E-state index contributed by atoms with van der Waals surface area (Å²) < 4.78 is 68.6. The van der Waals surface area contributed by atoms with Crippen molar-refractivity contribution in [2.45, 2.75) is 25.2 Å². The normalized spacial score (nSPS) is 11.5. The number of halogens is 6. The van der Waals surface area contributed by atoms with Crippen LogP contribution in [0.2, 0.25) is 0 Å². The molecule has 1 aromatic carbocycles. The van der Waals surface area contributed by atoms with E-state index >= 15 is 0 Å². The van der Waals surface area contributed by atoms with Gasteiger partial charge in [-0.1, -0.05) is 15.9 Å². The van der Waals surface area contributed by atoms with Crippen molar-refractivity contribution < 1.29 is 22.0 Å². The van der Waals surface area contributed by atoms with Gasteiger partial charge in [0.2, 0.25) is 5.82 Å². The summed E-state index contributed by atoms with van der Waals surface area (Å²) in [6.07, 6.45) is 0. The molecule has 9 heteroatoms. The van der Waals surface area contributed by atoms with E-state index in [4.69, 9.17) is 0 Å². The van der Waals surface area contributed by atoms with Crippen molar-refractivity contribution in [1.29, 1.82) is 0 Å². The van der Waals surface area contributed by atoms with Crippen molar-refractivity contribution in [1.82, 2.24) is 14.8 Å². The van der Waals surface area contributed by atoms with Gasteiger partial charge in [0.1, 0.15) is 5.82 Å². The fourth-order valence-electron chi connectivity index (χ4n) is 1.93. The second kappa shape index (κ2) is 5.70. The zero-order chi connectivity index (χ0) is 15.9. The quantitative estimate of drug-likeness (QED) is 0.352. The highest BCUT2D eigenvalue weighted by atomic mass is 79.9. The summed E-state index contributed by atoms with van der Waals surface area (Å²) in [6, 6.07) is -0.336. The minimum Gasteiger partial charge on any atom is -0.308 e. The first-order valence-electron chi connectivity index (χ1n) is 5.82. The van der Waals surface area contributed by atoms with E-state index in [1.165, 1.54) is 4.57 Å². The first kappa shape index (κ1) is 15.9. The summed E-state index contributed by atoms with van der Waals surface area (Å²) in [6.45, 7) is 3.34. The molecular weight excluding hydrogens is 361 g/mol. The second-order valence-corrected chi connectivity index (χ2v) is 5.04. The van der Waals surface area contributed by atoms with Crippen molar-refractivity contribution in [2.75, 3.05) is 0 Å². The van der Waals surface area contributed by atoms with Gasteiger partial charge in [-0.25, -0.2) is 22.0 Å². The van der Waals surface area contributed by atoms with Crippen LogP contribution in [0.15, 0.2) is 0 Å². The average Bonchev–Trinajstić information content (AvgIpc) is 2.87. The van der Waals surface area contributed by atoms with E-state index in [1.807, 2.05) is 0 Å². The molecule has 0 bridgehead atoms. The highest BCUT2D eigenvalue weighted by molar-refractivity contribution is 9.08. The van der Waals surface area contributed by atoms with Crippen LogP contribution in [-0.2, 0) is 5.33 Å². The van der Waals surface area contributed by atoms with E-state index in [0.29, 0.717) is 5.82 Å². The number of hydrogen-bond donors (Lipinski definition) is 0. The van der Waals surface area contributed by atoms with Crippen LogP contribution in [0.25, 0.3) is 11.4 Å². The Bertz CT molecular complexity index is 670. The van der Waals surface area contributed by atoms with Crippen LogP contribution in [0, 0.1) is 29.1 Å². The van der Waals surface area contributed by atoms with Crippen LogP contribution < -0.4 is 0 Å². The Morgan fingerprint density at radius 3 is 1.81 bits per heavy atom. The molecule has 0 unspecified atom stereocenters. The lowest BCUT2D eigenvalue weighted by atomic mass is 10.1. The predicted molar refractivity (Wildman–Crippen MR) is 68.3 cm³/mol. The van der Waals surface area contributed by atoms with Gasteiger partial charge in [0.15, 0.2) is 29.1 Å². The molecule has 0 aliphatic carbocycles. The van der Waals surface area contributed by atoms with Gasteiger partial charge in [-0.15, -0.1) is 10.2 Å². The molecular formula is C12H9BrF5N3. The molecule has 0 atom stereocenters. The Labute approximate surface area is 124 Å². The van der Waals surface area contributed by atoms with E-state index in [0.717, 1.165) is 0 Å². The summed E-state index contributed by atoms with van der Waals surface area (Å²) in [5.41, 5.74) is -1.08. The molecule has 3 nitrogen and oxygen atoms in total. The summed E-state index contributed by atoms with van der Waals surface area (Å²) in [5, 5.41) is 7.47. The molecule has 1 heterocycles. The lowest BCUT2D eigenvalue weighted by Gasteiger charge is -2.14. The molecule has 0 aliphatic heterocycles. The van der Waals surface area contributed by atoms with Gasteiger partial charge in [0, 0.05) is 6.04 Å². The van der Waals surface area contributed by atoms with Gasteiger partial charge in [0.05, 0.1) is 10.9 Å². The predicted octanol–water partition coefficient (Wildman–Crippen LogP) is 4.12. The summed E-state index contributed by atoms with van der Waals surface area (Å²) in [7, 11) is 0. The molecule has 21 heavy (non-hydrogen) atoms. The van der Waals surface area contributed by atoms with Crippen molar-refractivity contribution in [2.24, 2.45) is 0 Å². The number of nitrogens with zero attached hydrogens (tertiary/aromatic N) is 3. The molecule has 0 amide bonds. The fourth-order valence-corrected chi connectivity index (χ4v) is 2.31. The van der Waals surface area contributed by atoms with Gasteiger partial charge in [-0.2, -0.15) is 0 Å². The topological polar surface area (TPSA) is 30.7 Å². The molecule has 2 aromatic rings. The van der Waals surface area contributed by atoms with Gasteiger partial charge in [-0.3, -0.25) is 0 Å². The Balaban J connectivity index is 2.83. The lowest BCUT2D eigenvalue weighted by Crippen LogP contribution is -2.11. The third kappa shape index (κ3) is 2.43. The summed E-state index contributed by atoms with van der Waals surface area (Å²) >= 11 is 3.12. The molecule has 0 fully saturated rings. The number of benzene rings is 1. The lowest BCUT2D eigenvalue weighted by molar-refractivity contribution is 0.380. The SMILES string of the molecule is CC(C)n1c(CBr)nnc1-c1c(F)c(F)c(F)c(F)c1F. The summed E-state index contributed by atoms with van der Waals surface area (Å²) in [4.78, 5) is 0. The first-order chi connectivity index (χ1) is 9.81. The molecule has 0 saturated carbocycles. The largest absolute Gasteiger partial charge is 0.308 e. The van der Waals surface area contributed by atoms with E-state index < -0.39 is 40.5 Å². The maximum absolute atomic E-state index is 13.8. The van der Waals surface area contributed by atoms with Crippen LogP contribution in [-0.4, -0.2) is 14.8 Å². The Morgan fingerprint density at radius 2 is 1.38 bits per heavy atom. The van der Waals surface area contributed by atoms with E-state index in [9.17, 15) is 22.0 Å². The molecule has 0 N–H and O–H groups in total. The monoisotopic (exact) mass is 369 g/mol.